The molecule has 19 heavy (non-hydrogen) atoms. The summed E-state index contributed by atoms with van der Waals surface area (Å²) in [5.74, 6) is 1.21. The first-order valence-electron chi connectivity index (χ1n) is 6.32. The molecule has 0 spiro atoms. The number of nitrogens with two attached hydrogens (primary N) is 1. The fourth-order valence-corrected chi connectivity index (χ4v) is 1.94. The molecule has 0 fully saturated rings. The molecule has 0 amide bonds. The molecule has 2 N–H and O–H groups in total. The minimum absolute atomic E-state index is 0.498. The highest BCUT2D eigenvalue weighted by Gasteiger charge is 2.13. The number of hydrogen-bond acceptors (Lipinski definition) is 5. The normalized spacial score (nSPS) is 11.2. The maximum Gasteiger partial charge on any atom is 0.260 e. The van der Waals surface area contributed by atoms with E-state index in [1.165, 1.54) is 0 Å². The third-order valence-corrected chi connectivity index (χ3v) is 3.01. The summed E-state index contributed by atoms with van der Waals surface area (Å²) in [6.45, 7) is 4.90. The van der Waals surface area contributed by atoms with E-state index in [4.69, 9.17) is 10.3 Å². The first-order valence-corrected chi connectivity index (χ1v) is 6.32. The van der Waals surface area contributed by atoms with Crippen LogP contribution in [0.2, 0.25) is 0 Å². The van der Waals surface area contributed by atoms with Crippen LogP contribution in [0, 0.1) is 13.8 Å². The van der Waals surface area contributed by atoms with E-state index < -0.39 is 0 Å². The predicted molar refractivity (Wildman–Crippen MR) is 75.9 cm³/mol. The summed E-state index contributed by atoms with van der Waals surface area (Å²) < 4.78 is 5.31. The van der Waals surface area contributed by atoms with E-state index in [1.54, 1.807) is 0 Å². The van der Waals surface area contributed by atoms with Gasteiger partial charge in [0.25, 0.3) is 5.89 Å². The molecule has 5 heteroatoms. The van der Waals surface area contributed by atoms with Gasteiger partial charge in [-0.15, -0.1) is 0 Å². The van der Waals surface area contributed by atoms with Crippen molar-refractivity contribution in [3.8, 4) is 11.5 Å². The number of nitrogens with zero attached hydrogens (tertiary/aromatic N) is 3. The van der Waals surface area contributed by atoms with E-state index in [2.05, 4.69) is 15.0 Å². The monoisotopic (exact) mass is 260 g/mol. The van der Waals surface area contributed by atoms with Gasteiger partial charge in [0, 0.05) is 18.7 Å². The predicted octanol–water partition coefficient (Wildman–Crippen LogP) is 2.04. The van der Waals surface area contributed by atoms with Crippen molar-refractivity contribution in [2.24, 2.45) is 0 Å². The van der Waals surface area contributed by atoms with E-state index in [0.29, 0.717) is 17.4 Å². The van der Waals surface area contributed by atoms with Crippen molar-refractivity contribution in [1.82, 2.24) is 15.0 Å². The number of rotatable bonds is 4. The number of aromatic nitrogens is 2. The molecule has 0 aliphatic carbocycles. The number of benzene rings is 1. The quantitative estimate of drug-likeness (QED) is 0.852. The first-order chi connectivity index (χ1) is 8.97. The molecule has 0 saturated carbocycles. The lowest BCUT2D eigenvalue weighted by atomic mass is 10.0. The van der Waals surface area contributed by atoms with Gasteiger partial charge in [-0.2, -0.15) is 4.98 Å². The summed E-state index contributed by atoms with van der Waals surface area (Å²) in [6, 6.07) is 4.02. The Kier molecular flexibility index (Phi) is 3.85. The van der Waals surface area contributed by atoms with Gasteiger partial charge in [-0.3, -0.25) is 0 Å². The fraction of sp³-hybridized carbons (Fsp3) is 0.429. The van der Waals surface area contributed by atoms with E-state index in [0.717, 1.165) is 29.7 Å². The molecule has 5 nitrogen and oxygen atoms in total. The van der Waals surface area contributed by atoms with E-state index in [-0.39, 0.29) is 0 Å². The minimum Gasteiger partial charge on any atom is -0.398 e. The molecule has 102 valence electrons. The summed E-state index contributed by atoms with van der Waals surface area (Å²) in [5.41, 5.74) is 9.77. The zero-order valence-corrected chi connectivity index (χ0v) is 11.9. The van der Waals surface area contributed by atoms with Gasteiger partial charge in [0.15, 0.2) is 5.82 Å². The van der Waals surface area contributed by atoms with Crippen molar-refractivity contribution in [1.29, 1.82) is 0 Å². The molecule has 0 aliphatic heterocycles. The molecule has 1 heterocycles. The molecule has 2 aromatic rings. The Morgan fingerprint density at radius 3 is 2.68 bits per heavy atom. The first kappa shape index (κ1) is 13.5. The average Bonchev–Trinajstić information content (AvgIpc) is 2.79. The summed E-state index contributed by atoms with van der Waals surface area (Å²) in [7, 11) is 4.03. The molecular formula is C14H20N4O. The summed E-state index contributed by atoms with van der Waals surface area (Å²) in [6.07, 6.45) is 0.765. The smallest absolute Gasteiger partial charge is 0.260 e. The molecule has 1 aromatic heterocycles. The van der Waals surface area contributed by atoms with Crippen LogP contribution >= 0.6 is 0 Å². The summed E-state index contributed by atoms with van der Waals surface area (Å²) in [5, 5.41) is 4.00. The lowest BCUT2D eigenvalue weighted by molar-refractivity contribution is 0.392. The lowest BCUT2D eigenvalue weighted by Crippen LogP contribution is -2.15. The van der Waals surface area contributed by atoms with Crippen LogP contribution in [0.5, 0.6) is 0 Å². The van der Waals surface area contributed by atoms with Crippen LogP contribution in [0.4, 0.5) is 5.69 Å². The summed E-state index contributed by atoms with van der Waals surface area (Å²) in [4.78, 5) is 6.50. The molecule has 0 unspecified atom stereocenters. The minimum atomic E-state index is 0.498. The van der Waals surface area contributed by atoms with E-state index in [9.17, 15) is 0 Å². The van der Waals surface area contributed by atoms with Crippen molar-refractivity contribution in [2.45, 2.75) is 20.3 Å². The van der Waals surface area contributed by atoms with Crippen molar-refractivity contribution in [3.05, 3.63) is 29.1 Å². The average molecular weight is 260 g/mol. The molecule has 0 atom stereocenters. The Morgan fingerprint density at radius 2 is 2.00 bits per heavy atom. The Labute approximate surface area is 113 Å². The van der Waals surface area contributed by atoms with Gasteiger partial charge in [-0.05, 0) is 45.1 Å². The number of hydrogen-bond donors (Lipinski definition) is 1. The molecule has 0 bridgehead atoms. The highest BCUT2D eigenvalue weighted by Crippen LogP contribution is 2.28. The Balaban J connectivity index is 2.28. The number of likely N-dealkylation sites (N-methyl/N-ethyl adjacent to an activating group) is 1. The van der Waals surface area contributed by atoms with Crippen LogP contribution in [-0.4, -0.2) is 35.7 Å². The van der Waals surface area contributed by atoms with Gasteiger partial charge >= 0.3 is 0 Å². The van der Waals surface area contributed by atoms with Crippen LogP contribution in [0.25, 0.3) is 11.5 Å². The molecule has 2 rings (SSSR count). The van der Waals surface area contributed by atoms with Crippen LogP contribution in [0.15, 0.2) is 16.7 Å². The molecule has 1 aromatic carbocycles. The molecule has 0 radical (unpaired) electrons. The summed E-state index contributed by atoms with van der Waals surface area (Å²) >= 11 is 0. The third-order valence-electron chi connectivity index (χ3n) is 3.01. The number of anilines is 1. The zero-order valence-electron chi connectivity index (χ0n) is 11.9. The van der Waals surface area contributed by atoms with Gasteiger partial charge in [0.05, 0.1) is 5.56 Å². The second kappa shape index (κ2) is 5.40. The maximum absolute atomic E-state index is 6.08. The van der Waals surface area contributed by atoms with Gasteiger partial charge in [0.2, 0.25) is 0 Å². The topological polar surface area (TPSA) is 68.2 Å². The third kappa shape index (κ3) is 3.12. The fourth-order valence-electron chi connectivity index (χ4n) is 1.94. The van der Waals surface area contributed by atoms with Crippen LogP contribution < -0.4 is 5.73 Å². The van der Waals surface area contributed by atoms with E-state index in [1.807, 2.05) is 40.1 Å². The standard InChI is InChI=1S/C14H20N4O/c1-9-7-10(2)13(15)11(8-9)14-16-12(17-19-14)5-6-18(3)4/h7-8H,5-6,15H2,1-4H3. The molecule has 0 saturated heterocycles. The highest BCUT2D eigenvalue weighted by atomic mass is 16.5. The number of aryl methyl sites for hydroxylation is 2. The Hall–Kier alpha value is -1.88. The largest absolute Gasteiger partial charge is 0.398 e. The maximum atomic E-state index is 6.08. The number of nitrogen functional groups attached to an aromatic ring is 1. The van der Waals surface area contributed by atoms with E-state index >= 15 is 0 Å². The SMILES string of the molecule is Cc1cc(C)c(N)c(-c2nc(CCN(C)C)no2)c1. The van der Waals surface area contributed by atoms with Crippen LogP contribution in [0.3, 0.4) is 0 Å². The second-order valence-electron chi connectivity index (χ2n) is 5.11. The highest BCUT2D eigenvalue weighted by molar-refractivity contribution is 5.74. The Morgan fingerprint density at radius 1 is 1.26 bits per heavy atom. The second-order valence-corrected chi connectivity index (χ2v) is 5.11. The van der Waals surface area contributed by atoms with Crippen molar-refractivity contribution in [3.63, 3.8) is 0 Å². The van der Waals surface area contributed by atoms with Gasteiger partial charge in [-0.25, -0.2) is 0 Å². The van der Waals surface area contributed by atoms with Gasteiger partial charge in [-0.1, -0.05) is 11.2 Å². The Bertz CT molecular complexity index is 575. The molecular weight excluding hydrogens is 240 g/mol. The van der Waals surface area contributed by atoms with Crippen molar-refractivity contribution >= 4 is 5.69 Å². The van der Waals surface area contributed by atoms with Crippen molar-refractivity contribution in [2.75, 3.05) is 26.4 Å². The lowest BCUT2D eigenvalue weighted by Gasteiger charge is -2.06. The molecule has 0 aliphatic rings. The van der Waals surface area contributed by atoms with Gasteiger partial charge in [0.1, 0.15) is 0 Å². The van der Waals surface area contributed by atoms with Crippen molar-refractivity contribution < 1.29 is 4.52 Å². The zero-order chi connectivity index (χ0) is 14.0. The van der Waals surface area contributed by atoms with Crippen LogP contribution in [0.1, 0.15) is 17.0 Å². The van der Waals surface area contributed by atoms with Gasteiger partial charge < -0.3 is 15.2 Å². The van der Waals surface area contributed by atoms with Crippen LogP contribution in [-0.2, 0) is 6.42 Å².